The average molecular weight is 491 g/mol. The van der Waals surface area contributed by atoms with E-state index in [0.29, 0.717) is 17.3 Å². The maximum absolute atomic E-state index is 12.8. The summed E-state index contributed by atoms with van der Waals surface area (Å²) in [5.74, 6) is -0.724. The van der Waals surface area contributed by atoms with Gasteiger partial charge in [0.05, 0.1) is 12.3 Å². The number of fused-ring (bicyclic) bond motifs is 1. The second-order valence-corrected chi connectivity index (χ2v) is 8.65. The molecule has 1 aliphatic rings. The standard InChI is InChI=1S/C23H21F3N4O3S/c24-23(25,26)33-17-7-5-16(6-8-17)28-20(31)14-34-21-18-3-1-2-4-19(18)30(22(32)29-21)13-15-9-11-27-12-10-15/h5-12H,1-4,13-14H2,(H,28,31). The van der Waals surface area contributed by atoms with Crippen molar-refractivity contribution in [3.8, 4) is 5.75 Å². The van der Waals surface area contributed by atoms with Gasteiger partial charge in [0, 0.05) is 29.3 Å². The summed E-state index contributed by atoms with van der Waals surface area (Å²) in [4.78, 5) is 33.5. The SMILES string of the molecule is O=C(CSc1nc(=O)n(Cc2ccncc2)c2c1CCCC2)Nc1ccc(OC(F)(F)F)cc1. The van der Waals surface area contributed by atoms with Gasteiger partial charge in [-0.1, -0.05) is 11.8 Å². The summed E-state index contributed by atoms with van der Waals surface area (Å²) < 4.78 is 42.3. The van der Waals surface area contributed by atoms with Crippen molar-refractivity contribution in [2.45, 2.75) is 43.6 Å². The number of nitrogens with one attached hydrogen (secondary N) is 1. The average Bonchev–Trinajstić information content (AvgIpc) is 2.81. The summed E-state index contributed by atoms with van der Waals surface area (Å²) >= 11 is 1.18. The Bertz CT molecular complexity index is 1220. The second-order valence-electron chi connectivity index (χ2n) is 7.68. The van der Waals surface area contributed by atoms with E-state index in [4.69, 9.17) is 0 Å². The molecule has 1 amide bonds. The maximum Gasteiger partial charge on any atom is 0.573 e. The molecule has 0 unspecified atom stereocenters. The van der Waals surface area contributed by atoms with E-state index in [1.165, 1.54) is 23.9 Å². The fourth-order valence-corrected chi connectivity index (χ4v) is 4.65. The number of alkyl halides is 3. The first-order valence-electron chi connectivity index (χ1n) is 10.6. The number of amides is 1. The molecular weight excluding hydrogens is 469 g/mol. The number of nitrogens with zero attached hydrogens (tertiary/aromatic N) is 3. The zero-order valence-corrected chi connectivity index (χ0v) is 18.8. The summed E-state index contributed by atoms with van der Waals surface area (Å²) in [6.07, 6.45) is 2.09. The van der Waals surface area contributed by atoms with Gasteiger partial charge in [-0.15, -0.1) is 13.2 Å². The monoisotopic (exact) mass is 490 g/mol. The molecule has 7 nitrogen and oxygen atoms in total. The number of carbonyl (C=O) groups is 1. The third-order valence-electron chi connectivity index (χ3n) is 5.25. The molecule has 0 spiro atoms. The van der Waals surface area contributed by atoms with Gasteiger partial charge in [-0.2, -0.15) is 4.98 Å². The largest absolute Gasteiger partial charge is 0.573 e. The highest BCUT2D eigenvalue weighted by atomic mass is 32.2. The van der Waals surface area contributed by atoms with Gasteiger partial charge in [0.1, 0.15) is 10.8 Å². The van der Waals surface area contributed by atoms with E-state index in [2.05, 4.69) is 20.0 Å². The number of hydrogen-bond donors (Lipinski definition) is 1. The Balaban J connectivity index is 1.44. The van der Waals surface area contributed by atoms with Crippen molar-refractivity contribution in [1.29, 1.82) is 0 Å². The molecule has 0 saturated carbocycles. The van der Waals surface area contributed by atoms with Gasteiger partial charge in [-0.05, 0) is 67.6 Å². The van der Waals surface area contributed by atoms with Crippen molar-refractivity contribution >= 4 is 23.4 Å². The highest BCUT2D eigenvalue weighted by Crippen LogP contribution is 2.29. The molecule has 3 aromatic rings. The van der Waals surface area contributed by atoms with Crippen molar-refractivity contribution in [3.63, 3.8) is 0 Å². The zero-order valence-electron chi connectivity index (χ0n) is 18.0. The smallest absolute Gasteiger partial charge is 0.406 e. The summed E-state index contributed by atoms with van der Waals surface area (Å²) in [5.41, 5.74) is 2.87. The number of anilines is 1. The number of pyridine rings is 1. The number of hydrogen-bond acceptors (Lipinski definition) is 6. The molecule has 1 N–H and O–H groups in total. The lowest BCUT2D eigenvalue weighted by atomic mass is 9.97. The first-order chi connectivity index (χ1) is 16.3. The third-order valence-corrected chi connectivity index (χ3v) is 6.27. The molecule has 2 aromatic heterocycles. The molecule has 1 aliphatic carbocycles. The molecule has 0 fully saturated rings. The topological polar surface area (TPSA) is 86.1 Å². The van der Waals surface area contributed by atoms with Crippen LogP contribution in [0.5, 0.6) is 5.75 Å². The van der Waals surface area contributed by atoms with Crippen molar-refractivity contribution in [2.24, 2.45) is 0 Å². The lowest BCUT2D eigenvalue weighted by Crippen LogP contribution is -2.30. The summed E-state index contributed by atoms with van der Waals surface area (Å²) in [7, 11) is 0. The van der Waals surface area contributed by atoms with Gasteiger partial charge in [0.25, 0.3) is 0 Å². The van der Waals surface area contributed by atoms with E-state index in [1.54, 1.807) is 17.0 Å². The van der Waals surface area contributed by atoms with E-state index in [-0.39, 0.29) is 23.1 Å². The van der Waals surface area contributed by atoms with E-state index in [0.717, 1.165) is 54.6 Å². The van der Waals surface area contributed by atoms with Crippen molar-refractivity contribution in [3.05, 3.63) is 76.1 Å². The van der Waals surface area contributed by atoms with Gasteiger partial charge in [0.15, 0.2) is 0 Å². The highest BCUT2D eigenvalue weighted by Gasteiger charge is 2.31. The van der Waals surface area contributed by atoms with Crippen molar-refractivity contribution in [2.75, 3.05) is 11.1 Å². The van der Waals surface area contributed by atoms with Crippen LogP contribution in [0.3, 0.4) is 0 Å². The fourth-order valence-electron chi connectivity index (χ4n) is 3.77. The Labute approximate surface area is 197 Å². The summed E-state index contributed by atoms with van der Waals surface area (Å²) in [5, 5.41) is 3.18. The number of benzene rings is 1. The Kier molecular flexibility index (Phi) is 7.20. The Morgan fingerprint density at radius 3 is 2.50 bits per heavy atom. The Morgan fingerprint density at radius 1 is 1.09 bits per heavy atom. The predicted molar refractivity (Wildman–Crippen MR) is 121 cm³/mol. The fraction of sp³-hybridized carbons (Fsp3) is 0.304. The lowest BCUT2D eigenvalue weighted by Gasteiger charge is -2.22. The third kappa shape index (κ3) is 6.16. The second kappa shape index (κ2) is 10.3. The molecule has 34 heavy (non-hydrogen) atoms. The van der Waals surface area contributed by atoms with Gasteiger partial charge in [0.2, 0.25) is 5.91 Å². The number of rotatable bonds is 7. The first kappa shape index (κ1) is 23.8. The predicted octanol–water partition coefficient (Wildman–Crippen LogP) is 4.19. The highest BCUT2D eigenvalue weighted by molar-refractivity contribution is 8.00. The maximum atomic E-state index is 12.8. The number of ether oxygens (including phenoxy) is 1. The van der Waals surface area contributed by atoms with Gasteiger partial charge >= 0.3 is 12.1 Å². The molecular formula is C23H21F3N4O3S. The summed E-state index contributed by atoms with van der Waals surface area (Å²) in [6.45, 7) is 0.413. The molecule has 1 aromatic carbocycles. The minimum absolute atomic E-state index is 0.00799. The van der Waals surface area contributed by atoms with Crippen LogP contribution in [0.15, 0.2) is 58.6 Å². The van der Waals surface area contributed by atoms with Crippen LogP contribution in [-0.2, 0) is 24.2 Å². The number of halogens is 3. The van der Waals surface area contributed by atoms with E-state index < -0.39 is 6.36 Å². The molecule has 2 heterocycles. The lowest BCUT2D eigenvalue weighted by molar-refractivity contribution is -0.274. The molecule has 0 aliphatic heterocycles. The van der Waals surface area contributed by atoms with Crippen molar-refractivity contribution < 1.29 is 22.7 Å². The normalized spacial score (nSPS) is 13.3. The van der Waals surface area contributed by atoms with Gasteiger partial charge in [-0.25, -0.2) is 4.79 Å². The minimum atomic E-state index is -4.78. The van der Waals surface area contributed by atoms with Gasteiger partial charge in [-0.3, -0.25) is 14.3 Å². The molecule has 4 rings (SSSR count). The van der Waals surface area contributed by atoms with Crippen LogP contribution in [0.25, 0.3) is 0 Å². The van der Waals surface area contributed by atoms with E-state index in [9.17, 15) is 22.8 Å². The molecule has 0 atom stereocenters. The summed E-state index contributed by atoms with van der Waals surface area (Å²) in [6, 6.07) is 8.61. The Hall–Kier alpha value is -3.34. The number of carbonyl (C=O) groups excluding carboxylic acids is 1. The first-order valence-corrected chi connectivity index (χ1v) is 11.6. The van der Waals surface area contributed by atoms with Crippen LogP contribution < -0.4 is 15.7 Å². The van der Waals surface area contributed by atoms with Gasteiger partial charge < -0.3 is 10.1 Å². The van der Waals surface area contributed by atoms with Crippen LogP contribution in [0.2, 0.25) is 0 Å². The van der Waals surface area contributed by atoms with Crippen molar-refractivity contribution in [1.82, 2.24) is 14.5 Å². The quantitative estimate of drug-likeness (QED) is 0.395. The van der Waals surface area contributed by atoms with Crippen LogP contribution in [-0.4, -0.2) is 32.6 Å². The van der Waals surface area contributed by atoms with Crippen LogP contribution in [0.4, 0.5) is 18.9 Å². The van der Waals surface area contributed by atoms with E-state index >= 15 is 0 Å². The molecule has 178 valence electrons. The minimum Gasteiger partial charge on any atom is -0.406 e. The van der Waals surface area contributed by atoms with E-state index in [1.807, 2.05) is 12.1 Å². The number of aromatic nitrogens is 3. The van der Waals surface area contributed by atoms with Crippen LogP contribution in [0.1, 0.15) is 29.7 Å². The van der Waals surface area contributed by atoms with Crippen LogP contribution in [0, 0.1) is 0 Å². The molecule has 0 radical (unpaired) electrons. The Morgan fingerprint density at radius 2 is 1.79 bits per heavy atom. The number of thioether (sulfide) groups is 1. The zero-order chi connectivity index (χ0) is 24.1. The van der Waals surface area contributed by atoms with Crippen LogP contribution >= 0.6 is 11.8 Å². The molecule has 0 bridgehead atoms. The molecule has 0 saturated heterocycles. The molecule has 11 heteroatoms.